The minimum absolute atomic E-state index is 0.0335. The maximum Gasteiger partial charge on any atom is 0.472 e. The van der Waals surface area contributed by atoms with Gasteiger partial charge in [-0.25, -0.2) is 4.57 Å². The Balaban J connectivity index is 4.16. The number of aliphatic hydroxyl groups is 2. The van der Waals surface area contributed by atoms with Crippen molar-refractivity contribution in [3.63, 3.8) is 0 Å². The van der Waals surface area contributed by atoms with E-state index >= 15 is 0 Å². The molecule has 3 N–H and O–H groups in total. The summed E-state index contributed by atoms with van der Waals surface area (Å²) in [5.41, 5.74) is 0. The summed E-state index contributed by atoms with van der Waals surface area (Å²) in [6, 6.07) is 0. The summed E-state index contributed by atoms with van der Waals surface area (Å²) >= 11 is 0. The highest BCUT2D eigenvalue weighted by Gasteiger charge is 2.26. The average Bonchev–Trinajstić information content (AvgIpc) is 3.18. The number of ether oxygens (including phenoxy) is 2. The second-order valence-electron chi connectivity index (χ2n) is 14.0. The molecular weight excluding hydrogens is 715 g/mol. The van der Waals surface area contributed by atoms with Gasteiger partial charge in [-0.1, -0.05) is 164 Å². The lowest BCUT2D eigenvalue weighted by atomic mass is 10.1. The van der Waals surface area contributed by atoms with Crippen LogP contribution in [0.25, 0.3) is 0 Å². The molecule has 0 aromatic heterocycles. The summed E-state index contributed by atoms with van der Waals surface area (Å²) in [7, 11) is -4.52. The molecule has 0 radical (unpaired) electrons. The molecular formula is C45H79O9P. The van der Waals surface area contributed by atoms with E-state index in [1.54, 1.807) is 0 Å². The second-order valence-corrected chi connectivity index (χ2v) is 15.4. The lowest BCUT2D eigenvalue weighted by Gasteiger charge is -2.20. The zero-order chi connectivity index (χ0) is 40.3. The summed E-state index contributed by atoms with van der Waals surface area (Å²) in [5, 5.41) is 18.3. The number of carbonyl (C=O) groups excluding carboxylic acids is 1. The zero-order valence-corrected chi connectivity index (χ0v) is 35.5. The molecule has 0 saturated carbocycles. The van der Waals surface area contributed by atoms with Crippen molar-refractivity contribution in [1.29, 1.82) is 0 Å². The van der Waals surface area contributed by atoms with Crippen LogP contribution in [-0.2, 0) is 27.9 Å². The van der Waals surface area contributed by atoms with Crippen molar-refractivity contribution >= 4 is 13.8 Å². The van der Waals surface area contributed by atoms with Crippen molar-refractivity contribution in [3.05, 3.63) is 72.9 Å². The average molecular weight is 795 g/mol. The highest BCUT2D eigenvalue weighted by atomic mass is 31.2. The molecule has 0 aliphatic rings. The number of aliphatic hydroxyl groups excluding tert-OH is 2. The SMILES string of the molecule is CC/C=C\C/C=C\C/C=C\C/C=C\C/C=C\C/C=C\CCCCCCCOCC(COP(=O)(O)OCC(O)CO)OC(=O)CCCCCCCCCCCC. The number of phosphoric ester groups is 1. The monoisotopic (exact) mass is 795 g/mol. The van der Waals surface area contributed by atoms with Crippen LogP contribution >= 0.6 is 7.82 Å². The van der Waals surface area contributed by atoms with E-state index < -0.39 is 39.2 Å². The van der Waals surface area contributed by atoms with Gasteiger partial charge in [0.2, 0.25) is 0 Å². The first-order valence-corrected chi connectivity index (χ1v) is 22.9. The number of unbranched alkanes of at least 4 members (excludes halogenated alkanes) is 14. The normalized spacial score (nSPS) is 14.8. The zero-order valence-electron chi connectivity index (χ0n) is 34.6. The van der Waals surface area contributed by atoms with Crippen molar-refractivity contribution in [1.82, 2.24) is 0 Å². The third-order valence-electron chi connectivity index (χ3n) is 8.66. The molecule has 0 aliphatic carbocycles. The Hall–Kier alpha value is -2.10. The summed E-state index contributed by atoms with van der Waals surface area (Å²) in [5.74, 6) is -0.395. The fourth-order valence-corrected chi connectivity index (χ4v) is 6.21. The molecule has 55 heavy (non-hydrogen) atoms. The predicted octanol–water partition coefficient (Wildman–Crippen LogP) is 11.8. The fraction of sp³-hybridized carbons (Fsp3) is 0.711. The van der Waals surface area contributed by atoms with Gasteiger partial charge in [0.05, 0.1) is 26.4 Å². The molecule has 9 nitrogen and oxygen atoms in total. The Morgan fingerprint density at radius 1 is 0.582 bits per heavy atom. The van der Waals surface area contributed by atoms with Gasteiger partial charge in [0.25, 0.3) is 0 Å². The van der Waals surface area contributed by atoms with Crippen LogP contribution in [-0.4, -0.2) is 66.3 Å². The number of phosphoric acid groups is 1. The highest BCUT2D eigenvalue weighted by molar-refractivity contribution is 7.47. The van der Waals surface area contributed by atoms with Crippen molar-refractivity contribution in [2.24, 2.45) is 0 Å². The topological polar surface area (TPSA) is 132 Å². The number of esters is 1. The van der Waals surface area contributed by atoms with Gasteiger partial charge in [-0.05, 0) is 64.2 Å². The Morgan fingerprint density at radius 3 is 1.56 bits per heavy atom. The van der Waals surface area contributed by atoms with Gasteiger partial charge in [-0.2, -0.15) is 0 Å². The van der Waals surface area contributed by atoms with Gasteiger partial charge in [-0.15, -0.1) is 0 Å². The van der Waals surface area contributed by atoms with E-state index in [2.05, 4.69) is 86.8 Å². The lowest BCUT2D eigenvalue weighted by Crippen LogP contribution is -2.29. The minimum atomic E-state index is -4.52. The summed E-state index contributed by atoms with van der Waals surface area (Å²) < 4.78 is 33.3. The summed E-state index contributed by atoms with van der Waals surface area (Å²) in [6.45, 7) is 3.32. The Labute approximate surface area is 335 Å². The van der Waals surface area contributed by atoms with Crippen molar-refractivity contribution in [2.45, 2.75) is 174 Å². The second kappa shape index (κ2) is 41.5. The highest BCUT2D eigenvalue weighted by Crippen LogP contribution is 2.43. The number of hydrogen-bond acceptors (Lipinski definition) is 8. The van der Waals surface area contributed by atoms with Gasteiger partial charge < -0.3 is 24.6 Å². The predicted molar refractivity (Wildman–Crippen MR) is 228 cm³/mol. The third-order valence-corrected chi connectivity index (χ3v) is 9.61. The Morgan fingerprint density at radius 2 is 1.04 bits per heavy atom. The molecule has 3 atom stereocenters. The van der Waals surface area contributed by atoms with Crippen LogP contribution in [0.3, 0.4) is 0 Å². The van der Waals surface area contributed by atoms with Gasteiger partial charge in [0.1, 0.15) is 12.2 Å². The van der Waals surface area contributed by atoms with Crippen LogP contribution in [0.1, 0.15) is 162 Å². The first-order valence-electron chi connectivity index (χ1n) is 21.4. The van der Waals surface area contributed by atoms with Crippen LogP contribution in [0.15, 0.2) is 72.9 Å². The van der Waals surface area contributed by atoms with Gasteiger partial charge in [0.15, 0.2) is 0 Å². The minimum Gasteiger partial charge on any atom is -0.457 e. The van der Waals surface area contributed by atoms with Crippen LogP contribution in [0, 0.1) is 0 Å². The van der Waals surface area contributed by atoms with Crippen LogP contribution in [0.2, 0.25) is 0 Å². The van der Waals surface area contributed by atoms with Crippen molar-refractivity contribution in [3.8, 4) is 0 Å². The molecule has 0 aromatic carbocycles. The molecule has 10 heteroatoms. The van der Waals surface area contributed by atoms with Crippen LogP contribution in [0.4, 0.5) is 0 Å². The summed E-state index contributed by atoms with van der Waals surface area (Å²) in [6.07, 6.45) is 48.7. The quantitative estimate of drug-likeness (QED) is 0.0240. The van der Waals surface area contributed by atoms with E-state index in [0.717, 1.165) is 96.3 Å². The van der Waals surface area contributed by atoms with E-state index in [9.17, 15) is 19.4 Å². The van der Waals surface area contributed by atoms with Gasteiger partial charge in [-0.3, -0.25) is 13.8 Å². The fourth-order valence-electron chi connectivity index (χ4n) is 5.42. The van der Waals surface area contributed by atoms with Gasteiger partial charge >= 0.3 is 13.8 Å². The number of allylic oxidation sites excluding steroid dienone is 12. The Kier molecular flexibility index (Phi) is 39.9. The number of rotatable bonds is 40. The van der Waals surface area contributed by atoms with Crippen LogP contribution < -0.4 is 0 Å². The molecule has 0 fully saturated rings. The van der Waals surface area contributed by atoms with Gasteiger partial charge in [0, 0.05) is 13.0 Å². The number of carbonyl (C=O) groups is 1. The van der Waals surface area contributed by atoms with E-state index in [-0.39, 0.29) is 19.6 Å². The first-order chi connectivity index (χ1) is 26.8. The van der Waals surface area contributed by atoms with E-state index in [1.807, 2.05) is 0 Å². The molecule has 318 valence electrons. The van der Waals surface area contributed by atoms with Crippen molar-refractivity contribution < 1.29 is 43.0 Å². The number of hydrogen-bond donors (Lipinski definition) is 3. The molecule has 0 amide bonds. The largest absolute Gasteiger partial charge is 0.472 e. The molecule has 3 unspecified atom stereocenters. The molecule has 0 saturated heterocycles. The van der Waals surface area contributed by atoms with Crippen molar-refractivity contribution in [2.75, 3.05) is 33.0 Å². The molecule has 0 aromatic rings. The maximum absolute atomic E-state index is 12.5. The molecule has 0 heterocycles. The van der Waals surface area contributed by atoms with E-state index in [0.29, 0.717) is 6.61 Å². The van der Waals surface area contributed by atoms with E-state index in [4.69, 9.17) is 23.6 Å². The molecule has 0 bridgehead atoms. The molecule has 0 spiro atoms. The van der Waals surface area contributed by atoms with E-state index in [1.165, 1.54) is 44.9 Å². The lowest BCUT2D eigenvalue weighted by molar-refractivity contribution is -0.154. The van der Waals surface area contributed by atoms with Crippen LogP contribution in [0.5, 0.6) is 0 Å². The molecule has 0 rings (SSSR count). The first kappa shape index (κ1) is 52.9. The molecule has 0 aliphatic heterocycles. The maximum atomic E-state index is 12.5. The standard InChI is InChI=1S/C45H79O9P/c1-3-5-7-9-11-13-15-16-17-18-19-20-21-22-23-24-25-26-27-28-30-32-34-36-38-51-41-44(42-53-55(49,50)52-40-43(47)39-46)54-45(48)37-35-33-31-29-14-12-10-8-6-4-2/h5,7,11,13,16-17,19-20,22-23,25-26,43-44,46-47H,3-4,6,8-10,12,14-15,18,21,24,27-42H2,1-2H3,(H,49,50)/b7-5-,13-11-,17-16-,20-19-,23-22-,26-25-. The third kappa shape index (κ3) is 41.4. The smallest absolute Gasteiger partial charge is 0.457 e. The summed E-state index contributed by atoms with van der Waals surface area (Å²) in [4.78, 5) is 22.5. The Bertz CT molecular complexity index is 1080.